The molecule has 2 aromatic carbocycles. The van der Waals surface area contributed by atoms with Crippen LogP contribution in [0.4, 0.5) is 10.5 Å². The van der Waals surface area contributed by atoms with E-state index in [1.54, 1.807) is 11.8 Å². The standard InChI is InChI=1S/C20H24N2O2/c1-13(2)22(12-14(3)23)20(24)21-17-8-9-19-16(11-17)10-15-6-4-5-7-18(15)19/h4-9,11,13-14,23H,10,12H2,1-3H3,(H,21,24). The average Bonchev–Trinajstić information content (AvgIpc) is 2.89. The van der Waals surface area contributed by atoms with E-state index in [9.17, 15) is 9.90 Å². The molecule has 24 heavy (non-hydrogen) atoms. The number of aliphatic hydroxyl groups is 1. The van der Waals surface area contributed by atoms with E-state index >= 15 is 0 Å². The van der Waals surface area contributed by atoms with Gasteiger partial charge < -0.3 is 15.3 Å². The van der Waals surface area contributed by atoms with Crippen LogP contribution in [-0.4, -0.2) is 34.7 Å². The van der Waals surface area contributed by atoms with Gasteiger partial charge in [0.2, 0.25) is 0 Å². The number of nitrogens with one attached hydrogen (secondary N) is 1. The van der Waals surface area contributed by atoms with Crippen molar-refractivity contribution in [1.82, 2.24) is 4.90 Å². The van der Waals surface area contributed by atoms with Gasteiger partial charge in [-0.25, -0.2) is 4.79 Å². The molecule has 2 aromatic rings. The lowest BCUT2D eigenvalue weighted by Gasteiger charge is -2.28. The highest BCUT2D eigenvalue weighted by Crippen LogP contribution is 2.37. The number of carbonyl (C=O) groups excluding carboxylic acids is 1. The van der Waals surface area contributed by atoms with Crippen molar-refractivity contribution in [3.05, 3.63) is 53.6 Å². The van der Waals surface area contributed by atoms with Gasteiger partial charge in [0.15, 0.2) is 0 Å². The lowest BCUT2D eigenvalue weighted by molar-refractivity contribution is 0.125. The SMILES string of the molecule is CC(O)CN(C(=O)Nc1ccc2c(c1)Cc1ccccc1-2)C(C)C. The molecule has 1 aliphatic rings. The number of anilines is 1. The highest BCUT2D eigenvalue weighted by molar-refractivity contribution is 5.90. The summed E-state index contributed by atoms with van der Waals surface area (Å²) in [4.78, 5) is 14.2. The van der Waals surface area contributed by atoms with Crippen LogP contribution in [0.3, 0.4) is 0 Å². The molecule has 3 rings (SSSR count). The molecule has 0 saturated carbocycles. The van der Waals surface area contributed by atoms with Gasteiger partial charge in [0, 0.05) is 18.3 Å². The van der Waals surface area contributed by atoms with Crippen LogP contribution in [0.1, 0.15) is 31.9 Å². The molecule has 2 N–H and O–H groups in total. The number of aliphatic hydroxyl groups excluding tert-OH is 1. The zero-order chi connectivity index (χ0) is 17.3. The summed E-state index contributed by atoms with van der Waals surface area (Å²) < 4.78 is 0. The van der Waals surface area contributed by atoms with Crippen LogP contribution in [0.25, 0.3) is 11.1 Å². The Morgan fingerprint density at radius 1 is 1.12 bits per heavy atom. The van der Waals surface area contributed by atoms with Crippen LogP contribution in [0, 0.1) is 0 Å². The Labute approximate surface area is 143 Å². The number of hydrogen-bond donors (Lipinski definition) is 2. The van der Waals surface area contributed by atoms with Crippen molar-refractivity contribution >= 4 is 11.7 Å². The molecule has 0 fully saturated rings. The summed E-state index contributed by atoms with van der Waals surface area (Å²) in [6, 6.07) is 14.3. The van der Waals surface area contributed by atoms with E-state index in [4.69, 9.17) is 0 Å². The predicted molar refractivity (Wildman–Crippen MR) is 97.2 cm³/mol. The highest BCUT2D eigenvalue weighted by Gasteiger charge is 2.21. The maximum Gasteiger partial charge on any atom is 0.322 e. The number of nitrogens with zero attached hydrogens (tertiary/aromatic N) is 1. The Kier molecular flexibility index (Phi) is 4.58. The number of rotatable bonds is 4. The number of fused-ring (bicyclic) bond motifs is 3. The Bertz CT molecular complexity index is 753. The fourth-order valence-electron chi connectivity index (χ4n) is 3.23. The van der Waals surface area contributed by atoms with Crippen molar-refractivity contribution in [1.29, 1.82) is 0 Å². The van der Waals surface area contributed by atoms with Crippen LogP contribution in [0.15, 0.2) is 42.5 Å². The van der Waals surface area contributed by atoms with Crippen molar-refractivity contribution in [3.8, 4) is 11.1 Å². The molecule has 0 aromatic heterocycles. The van der Waals surface area contributed by atoms with Crippen molar-refractivity contribution in [3.63, 3.8) is 0 Å². The lowest BCUT2D eigenvalue weighted by Crippen LogP contribution is -2.43. The Morgan fingerprint density at radius 2 is 1.83 bits per heavy atom. The summed E-state index contributed by atoms with van der Waals surface area (Å²) in [6.45, 7) is 5.90. The van der Waals surface area contributed by atoms with Gasteiger partial charge in [-0.2, -0.15) is 0 Å². The number of urea groups is 1. The van der Waals surface area contributed by atoms with Crippen molar-refractivity contribution in [2.75, 3.05) is 11.9 Å². The molecule has 1 aliphatic carbocycles. The maximum atomic E-state index is 12.5. The molecular weight excluding hydrogens is 300 g/mol. The summed E-state index contributed by atoms with van der Waals surface area (Å²) in [5, 5.41) is 12.6. The predicted octanol–water partition coefficient (Wildman–Crippen LogP) is 3.88. The summed E-state index contributed by atoms with van der Waals surface area (Å²) in [5.41, 5.74) is 5.88. The molecule has 2 amide bonds. The summed E-state index contributed by atoms with van der Waals surface area (Å²) in [7, 11) is 0. The third kappa shape index (κ3) is 3.29. The van der Waals surface area contributed by atoms with E-state index in [0.29, 0.717) is 6.54 Å². The molecular formula is C20H24N2O2. The fourth-order valence-corrected chi connectivity index (χ4v) is 3.23. The fraction of sp³-hybridized carbons (Fsp3) is 0.350. The topological polar surface area (TPSA) is 52.6 Å². The lowest BCUT2D eigenvalue weighted by atomic mass is 10.1. The van der Waals surface area contributed by atoms with Gasteiger partial charge >= 0.3 is 6.03 Å². The second kappa shape index (κ2) is 6.65. The number of carbonyl (C=O) groups is 1. The number of benzene rings is 2. The van der Waals surface area contributed by atoms with Gasteiger partial charge in [0.25, 0.3) is 0 Å². The molecule has 0 saturated heterocycles. The molecule has 1 unspecified atom stereocenters. The van der Waals surface area contributed by atoms with E-state index in [0.717, 1.165) is 12.1 Å². The normalized spacial score (nSPS) is 13.4. The Hall–Kier alpha value is -2.33. The second-order valence-corrected chi connectivity index (χ2v) is 6.73. The van der Waals surface area contributed by atoms with Gasteiger partial charge in [-0.1, -0.05) is 30.3 Å². The third-order valence-corrected chi connectivity index (χ3v) is 4.39. The zero-order valence-corrected chi connectivity index (χ0v) is 14.4. The maximum absolute atomic E-state index is 12.5. The molecule has 0 radical (unpaired) electrons. The molecule has 1 atom stereocenters. The molecule has 126 valence electrons. The van der Waals surface area contributed by atoms with E-state index < -0.39 is 6.10 Å². The Morgan fingerprint density at radius 3 is 2.54 bits per heavy atom. The first-order valence-electron chi connectivity index (χ1n) is 8.42. The first-order valence-corrected chi connectivity index (χ1v) is 8.42. The van der Waals surface area contributed by atoms with Crippen molar-refractivity contribution in [2.24, 2.45) is 0 Å². The number of hydrogen-bond acceptors (Lipinski definition) is 2. The smallest absolute Gasteiger partial charge is 0.322 e. The van der Waals surface area contributed by atoms with E-state index in [-0.39, 0.29) is 12.1 Å². The van der Waals surface area contributed by atoms with Gasteiger partial charge in [-0.3, -0.25) is 0 Å². The third-order valence-electron chi connectivity index (χ3n) is 4.39. The largest absolute Gasteiger partial charge is 0.392 e. The van der Waals surface area contributed by atoms with Gasteiger partial charge in [-0.15, -0.1) is 0 Å². The van der Waals surface area contributed by atoms with Crippen LogP contribution >= 0.6 is 0 Å². The Balaban J connectivity index is 1.78. The van der Waals surface area contributed by atoms with E-state index in [1.165, 1.54) is 22.3 Å². The molecule has 0 aliphatic heterocycles. The van der Waals surface area contributed by atoms with Crippen LogP contribution in [0.5, 0.6) is 0 Å². The van der Waals surface area contributed by atoms with Gasteiger partial charge in [-0.05, 0) is 61.6 Å². The molecule has 0 heterocycles. The minimum absolute atomic E-state index is 0.0262. The zero-order valence-electron chi connectivity index (χ0n) is 14.4. The summed E-state index contributed by atoms with van der Waals surface area (Å²) in [5.74, 6) is 0. The minimum atomic E-state index is -0.548. The van der Waals surface area contributed by atoms with Crippen molar-refractivity contribution in [2.45, 2.75) is 39.3 Å². The van der Waals surface area contributed by atoms with Crippen LogP contribution < -0.4 is 5.32 Å². The number of amides is 2. The molecule has 0 spiro atoms. The molecule has 0 bridgehead atoms. The van der Waals surface area contributed by atoms with E-state index in [1.807, 2.05) is 26.0 Å². The quantitative estimate of drug-likeness (QED) is 0.765. The molecule has 4 nitrogen and oxygen atoms in total. The second-order valence-electron chi connectivity index (χ2n) is 6.73. The van der Waals surface area contributed by atoms with Crippen molar-refractivity contribution < 1.29 is 9.90 Å². The highest BCUT2D eigenvalue weighted by atomic mass is 16.3. The van der Waals surface area contributed by atoms with Crippen LogP contribution in [-0.2, 0) is 6.42 Å². The van der Waals surface area contributed by atoms with Crippen LogP contribution in [0.2, 0.25) is 0 Å². The minimum Gasteiger partial charge on any atom is -0.392 e. The van der Waals surface area contributed by atoms with Gasteiger partial charge in [0.05, 0.1) is 6.10 Å². The summed E-state index contributed by atoms with van der Waals surface area (Å²) in [6.07, 6.45) is 0.351. The first kappa shape index (κ1) is 16.5. The first-order chi connectivity index (χ1) is 11.5. The monoisotopic (exact) mass is 324 g/mol. The average molecular weight is 324 g/mol. The van der Waals surface area contributed by atoms with E-state index in [2.05, 4.69) is 35.6 Å². The molecule has 4 heteroatoms. The van der Waals surface area contributed by atoms with Gasteiger partial charge in [0.1, 0.15) is 0 Å². The summed E-state index contributed by atoms with van der Waals surface area (Å²) >= 11 is 0.